The lowest BCUT2D eigenvalue weighted by molar-refractivity contribution is 0.549. The normalized spacial score (nSPS) is 17.8. The average molecular weight is 518 g/mol. The second-order valence-corrected chi connectivity index (χ2v) is 9.49. The summed E-state index contributed by atoms with van der Waals surface area (Å²) in [6, 6.07) is 27.0. The standard InChI is InChI=1S/C26H24BrN5S/c1-30(2)19-12-14-20(15-13-19)31-17-5-7-23(31)25-24(22-6-3-4-16-28-22)29-26(33)32(25)21-10-8-18(27)9-11-21/h3-17,24-25H,1-2H3,(H,29,33)/t24-,25+/m0/s1. The molecule has 0 unspecified atom stereocenters. The molecule has 2 atom stereocenters. The number of aromatic nitrogens is 2. The predicted molar refractivity (Wildman–Crippen MR) is 142 cm³/mol. The Kier molecular flexibility index (Phi) is 5.91. The highest BCUT2D eigenvalue weighted by Gasteiger charge is 2.42. The van der Waals surface area contributed by atoms with Crippen LogP contribution in [0.5, 0.6) is 0 Å². The summed E-state index contributed by atoms with van der Waals surface area (Å²) in [4.78, 5) is 8.96. The van der Waals surface area contributed by atoms with E-state index in [1.54, 1.807) is 0 Å². The van der Waals surface area contributed by atoms with Crippen LogP contribution >= 0.6 is 28.1 Å². The van der Waals surface area contributed by atoms with Crippen molar-refractivity contribution in [3.8, 4) is 5.69 Å². The van der Waals surface area contributed by atoms with Gasteiger partial charge in [0, 0.05) is 53.7 Å². The van der Waals surface area contributed by atoms with E-state index in [0.29, 0.717) is 5.11 Å². The summed E-state index contributed by atoms with van der Waals surface area (Å²) in [6.45, 7) is 0. The molecule has 0 amide bonds. The van der Waals surface area contributed by atoms with E-state index in [2.05, 4.69) is 115 Å². The van der Waals surface area contributed by atoms with Crippen LogP contribution in [-0.4, -0.2) is 28.8 Å². The van der Waals surface area contributed by atoms with E-state index >= 15 is 0 Å². The Morgan fingerprint density at radius 3 is 2.30 bits per heavy atom. The number of thiocarbonyl (C=S) groups is 1. The number of pyridine rings is 1. The molecular formula is C26H24BrN5S. The quantitative estimate of drug-likeness (QED) is 0.334. The van der Waals surface area contributed by atoms with Gasteiger partial charge in [0.1, 0.15) is 6.04 Å². The highest BCUT2D eigenvalue weighted by Crippen LogP contribution is 2.42. The second-order valence-electron chi connectivity index (χ2n) is 8.19. The van der Waals surface area contributed by atoms with E-state index < -0.39 is 0 Å². The van der Waals surface area contributed by atoms with Gasteiger partial charge in [-0.25, -0.2) is 0 Å². The Morgan fingerprint density at radius 1 is 0.909 bits per heavy atom. The van der Waals surface area contributed by atoms with Crippen LogP contribution in [0.25, 0.3) is 5.69 Å². The number of anilines is 2. The summed E-state index contributed by atoms with van der Waals surface area (Å²) >= 11 is 9.39. The van der Waals surface area contributed by atoms with Gasteiger partial charge in [-0.3, -0.25) is 4.98 Å². The summed E-state index contributed by atoms with van der Waals surface area (Å²) in [5, 5.41) is 4.23. The molecule has 166 valence electrons. The molecule has 0 aliphatic carbocycles. The summed E-state index contributed by atoms with van der Waals surface area (Å²) in [6.07, 6.45) is 3.94. The van der Waals surface area contributed by atoms with Gasteiger partial charge in [-0.1, -0.05) is 22.0 Å². The molecule has 2 aromatic carbocycles. The van der Waals surface area contributed by atoms with Gasteiger partial charge in [0.15, 0.2) is 5.11 Å². The number of benzene rings is 2. The molecule has 1 N–H and O–H groups in total. The fourth-order valence-electron chi connectivity index (χ4n) is 4.32. The third-order valence-corrected chi connectivity index (χ3v) is 6.77. The van der Waals surface area contributed by atoms with Crippen LogP contribution in [0.3, 0.4) is 0 Å². The topological polar surface area (TPSA) is 36.3 Å². The van der Waals surface area contributed by atoms with Gasteiger partial charge in [-0.15, -0.1) is 0 Å². The molecular weight excluding hydrogens is 494 g/mol. The van der Waals surface area contributed by atoms with Gasteiger partial charge in [-0.05, 0) is 85.0 Å². The Morgan fingerprint density at radius 2 is 1.64 bits per heavy atom. The third kappa shape index (κ3) is 4.14. The lowest BCUT2D eigenvalue weighted by Gasteiger charge is -2.29. The van der Waals surface area contributed by atoms with Crippen LogP contribution in [0, 0.1) is 0 Å². The van der Waals surface area contributed by atoms with Crippen LogP contribution < -0.4 is 15.1 Å². The molecule has 0 saturated carbocycles. The number of hydrogen-bond donors (Lipinski definition) is 1. The first-order chi connectivity index (χ1) is 16.0. The highest BCUT2D eigenvalue weighted by atomic mass is 79.9. The number of hydrogen-bond acceptors (Lipinski definition) is 3. The van der Waals surface area contributed by atoms with Crippen molar-refractivity contribution in [1.82, 2.24) is 14.9 Å². The fourth-order valence-corrected chi connectivity index (χ4v) is 4.93. The zero-order valence-corrected chi connectivity index (χ0v) is 20.8. The summed E-state index contributed by atoms with van der Waals surface area (Å²) < 4.78 is 3.27. The molecule has 1 fully saturated rings. The lowest BCUT2D eigenvalue weighted by Crippen LogP contribution is -2.30. The van der Waals surface area contributed by atoms with E-state index in [-0.39, 0.29) is 12.1 Å². The first kappa shape index (κ1) is 21.7. The molecule has 1 aliphatic rings. The number of nitrogens with zero attached hydrogens (tertiary/aromatic N) is 4. The van der Waals surface area contributed by atoms with Crippen molar-refractivity contribution in [2.45, 2.75) is 12.1 Å². The van der Waals surface area contributed by atoms with Crippen LogP contribution in [-0.2, 0) is 0 Å². The Bertz CT molecular complexity index is 1250. The van der Waals surface area contributed by atoms with E-state index in [1.165, 1.54) is 5.69 Å². The largest absolute Gasteiger partial charge is 0.378 e. The highest BCUT2D eigenvalue weighted by molar-refractivity contribution is 9.10. The summed E-state index contributed by atoms with van der Waals surface area (Å²) in [7, 11) is 4.10. The first-order valence-electron chi connectivity index (χ1n) is 10.7. The van der Waals surface area contributed by atoms with E-state index in [4.69, 9.17) is 12.2 Å². The van der Waals surface area contributed by atoms with Crippen molar-refractivity contribution in [2.75, 3.05) is 23.9 Å². The van der Waals surface area contributed by atoms with Gasteiger partial charge in [0.05, 0.1) is 11.7 Å². The predicted octanol–water partition coefficient (Wildman–Crippen LogP) is 5.88. The molecule has 5 rings (SSSR count). The van der Waals surface area contributed by atoms with E-state index in [0.717, 1.165) is 27.2 Å². The Balaban J connectivity index is 1.63. The van der Waals surface area contributed by atoms with Crippen molar-refractivity contribution in [3.63, 3.8) is 0 Å². The molecule has 0 radical (unpaired) electrons. The average Bonchev–Trinajstić information content (AvgIpc) is 3.44. The van der Waals surface area contributed by atoms with Crippen LogP contribution in [0.15, 0.2) is 95.7 Å². The molecule has 2 aromatic heterocycles. The molecule has 4 aromatic rings. The Labute approximate surface area is 207 Å². The third-order valence-electron chi connectivity index (χ3n) is 5.93. The molecule has 0 bridgehead atoms. The lowest BCUT2D eigenvalue weighted by atomic mass is 10.0. The zero-order valence-electron chi connectivity index (χ0n) is 18.4. The smallest absolute Gasteiger partial charge is 0.174 e. The molecule has 5 nitrogen and oxygen atoms in total. The van der Waals surface area contributed by atoms with Gasteiger partial charge in [-0.2, -0.15) is 0 Å². The molecule has 3 heterocycles. The minimum Gasteiger partial charge on any atom is -0.378 e. The molecule has 1 aliphatic heterocycles. The molecule has 0 spiro atoms. The Hall–Kier alpha value is -3.16. The van der Waals surface area contributed by atoms with Crippen molar-refractivity contribution < 1.29 is 0 Å². The fraction of sp³-hybridized carbons (Fsp3) is 0.154. The van der Waals surface area contributed by atoms with E-state index in [9.17, 15) is 0 Å². The van der Waals surface area contributed by atoms with Gasteiger partial charge in [0.2, 0.25) is 0 Å². The van der Waals surface area contributed by atoms with Gasteiger partial charge >= 0.3 is 0 Å². The maximum absolute atomic E-state index is 5.85. The van der Waals surface area contributed by atoms with Gasteiger partial charge < -0.3 is 19.7 Å². The number of rotatable bonds is 5. The van der Waals surface area contributed by atoms with Crippen LogP contribution in [0.1, 0.15) is 23.5 Å². The van der Waals surface area contributed by atoms with E-state index in [1.807, 2.05) is 30.5 Å². The number of halogens is 1. The number of nitrogens with one attached hydrogen (secondary N) is 1. The molecule has 7 heteroatoms. The minimum absolute atomic E-state index is 0.0721. The monoisotopic (exact) mass is 517 g/mol. The van der Waals surface area contributed by atoms with Crippen molar-refractivity contribution in [3.05, 3.63) is 107 Å². The summed E-state index contributed by atoms with van der Waals surface area (Å²) in [5.74, 6) is 0. The van der Waals surface area contributed by atoms with Crippen LogP contribution in [0.4, 0.5) is 11.4 Å². The van der Waals surface area contributed by atoms with Gasteiger partial charge in [0.25, 0.3) is 0 Å². The first-order valence-corrected chi connectivity index (χ1v) is 11.9. The molecule has 33 heavy (non-hydrogen) atoms. The zero-order chi connectivity index (χ0) is 22.9. The maximum atomic E-state index is 5.85. The molecule has 1 saturated heterocycles. The van der Waals surface area contributed by atoms with Crippen molar-refractivity contribution in [1.29, 1.82) is 0 Å². The second kappa shape index (κ2) is 9.00. The van der Waals surface area contributed by atoms with Crippen LogP contribution in [0.2, 0.25) is 0 Å². The SMILES string of the molecule is CN(C)c1ccc(-n2cccc2[C@@H]2[C@H](c3ccccn3)NC(=S)N2c2ccc(Br)cc2)cc1. The summed E-state index contributed by atoms with van der Waals surface area (Å²) in [5.41, 5.74) is 5.40. The van der Waals surface area contributed by atoms with Crippen molar-refractivity contribution >= 4 is 44.6 Å². The minimum atomic E-state index is -0.0861. The van der Waals surface area contributed by atoms with Crippen molar-refractivity contribution in [2.24, 2.45) is 0 Å². The maximum Gasteiger partial charge on any atom is 0.174 e.